The number of carbonyl (C=O) groups is 1. The highest BCUT2D eigenvalue weighted by molar-refractivity contribution is 6.36. The molecule has 0 bridgehead atoms. The lowest BCUT2D eigenvalue weighted by Gasteiger charge is -2.17. The fourth-order valence-electron chi connectivity index (χ4n) is 3.01. The molecule has 0 radical (unpaired) electrons. The zero-order valence-corrected chi connectivity index (χ0v) is 16.7. The van der Waals surface area contributed by atoms with E-state index in [0.29, 0.717) is 26.6 Å². The second-order valence-corrected chi connectivity index (χ2v) is 7.18. The molecule has 0 spiro atoms. The number of nitrogens with zero attached hydrogens (tertiary/aromatic N) is 3. The maximum Gasteiger partial charge on any atom is 0.292 e. The Morgan fingerprint density at radius 1 is 1.28 bits per heavy atom. The number of hydrogen-bond acceptors (Lipinski definition) is 5. The summed E-state index contributed by atoms with van der Waals surface area (Å²) >= 11 is 12.1. The topological polar surface area (TPSA) is 85.6 Å². The number of carbonyl (C=O) groups excluding carboxylic acids is 1. The zero-order chi connectivity index (χ0) is 20.5. The Labute approximate surface area is 175 Å². The second-order valence-electron chi connectivity index (χ2n) is 6.34. The summed E-state index contributed by atoms with van der Waals surface area (Å²) < 4.78 is 6.77. The minimum atomic E-state index is -0.531. The predicted octanol–water partition coefficient (Wildman–Crippen LogP) is 3.43. The van der Waals surface area contributed by atoms with E-state index in [0.717, 1.165) is 15.8 Å². The molecule has 4 rings (SSSR count). The normalized spacial score (nSPS) is 13.1. The first-order valence-corrected chi connectivity index (χ1v) is 9.31. The number of benzene rings is 2. The van der Waals surface area contributed by atoms with E-state index >= 15 is 0 Å². The average Bonchev–Trinajstić information content (AvgIpc) is 2.70. The summed E-state index contributed by atoms with van der Waals surface area (Å²) in [5.41, 5.74) is 3.71. The van der Waals surface area contributed by atoms with Crippen molar-refractivity contribution in [2.45, 2.75) is 0 Å². The van der Waals surface area contributed by atoms with E-state index in [-0.39, 0.29) is 17.9 Å². The Hall–Kier alpha value is -3.16. The number of nitrogens with one attached hydrogen (secondary N) is 1. The lowest BCUT2D eigenvalue weighted by atomic mass is 10.1. The van der Waals surface area contributed by atoms with Gasteiger partial charge in [0.15, 0.2) is 5.69 Å². The molecule has 0 aliphatic carbocycles. The van der Waals surface area contributed by atoms with E-state index in [1.54, 1.807) is 36.4 Å². The summed E-state index contributed by atoms with van der Waals surface area (Å²) in [6, 6.07) is 10.1. The molecule has 1 aliphatic heterocycles. The van der Waals surface area contributed by atoms with Crippen molar-refractivity contribution in [3.8, 4) is 5.75 Å². The minimum absolute atomic E-state index is 0.109. The molecule has 1 aromatic heterocycles. The summed E-state index contributed by atoms with van der Waals surface area (Å²) in [5, 5.41) is 9.84. The van der Waals surface area contributed by atoms with Gasteiger partial charge in [-0.2, -0.15) is 10.2 Å². The Morgan fingerprint density at radius 3 is 2.83 bits per heavy atom. The van der Waals surface area contributed by atoms with Gasteiger partial charge in [0.1, 0.15) is 12.4 Å². The van der Waals surface area contributed by atoms with Crippen molar-refractivity contribution in [3.63, 3.8) is 0 Å². The standard InChI is InChI=1S/C20H14Cl2N4O3/c1-26-20(28)15-5-3-2-4-14(15)17(25-26)19(27)24-23-9-11-6-12-7-13(21)8-16(22)18(12)29-10-11/h2-9H,10H2,1H3,(H,24,27)/b23-9+. The third kappa shape index (κ3) is 3.74. The number of rotatable bonds is 3. The van der Waals surface area contributed by atoms with Gasteiger partial charge in [-0.25, -0.2) is 10.1 Å². The molecule has 9 heteroatoms. The van der Waals surface area contributed by atoms with Crippen molar-refractivity contribution in [2.75, 3.05) is 6.61 Å². The second kappa shape index (κ2) is 7.69. The molecule has 2 heterocycles. The molecular formula is C20H14Cl2N4O3. The molecule has 146 valence electrons. The van der Waals surface area contributed by atoms with Crippen LogP contribution in [-0.4, -0.2) is 28.5 Å². The van der Waals surface area contributed by atoms with Crippen LogP contribution in [0.15, 0.2) is 51.9 Å². The Bertz CT molecular complexity index is 1260. The van der Waals surface area contributed by atoms with Gasteiger partial charge in [0, 0.05) is 28.6 Å². The molecule has 29 heavy (non-hydrogen) atoms. The molecule has 0 atom stereocenters. The van der Waals surface area contributed by atoms with E-state index in [1.807, 2.05) is 6.08 Å². The number of hydrogen-bond donors (Lipinski definition) is 1. The van der Waals surface area contributed by atoms with Gasteiger partial charge < -0.3 is 4.74 Å². The van der Waals surface area contributed by atoms with Crippen LogP contribution in [0.5, 0.6) is 5.75 Å². The first kappa shape index (κ1) is 19.2. The Kier molecular flexibility index (Phi) is 5.08. The van der Waals surface area contributed by atoms with Crippen molar-refractivity contribution < 1.29 is 9.53 Å². The molecule has 0 unspecified atom stereocenters. The van der Waals surface area contributed by atoms with Crippen LogP contribution in [0.25, 0.3) is 16.8 Å². The summed E-state index contributed by atoms with van der Waals surface area (Å²) in [4.78, 5) is 24.7. The third-order valence-corrected chi connectivity index (χ3v) is 4.83. The van der Waals surface area contributed by atoms with Crippen LogP contribution in [0.3, 0.4) is 0 Å². The number of halogens is 2. The average molecular weight is 429 g/mol. The number of aryl methyl sites for hydroxylation is 1. The molecule has 1 amide bonds. The van der Waals surface area contributed by atoms with Crippen LogP contribution in [0.1, 0.15) is 16.1 Å². The van der Waals surface area contributed by atoms with Crippen LogP contribution in [-0.2, 0) is 7.05 Å². The lowest BCUT2D eigenvalue weighted by molar-refractivity contribution is 0.0950. The SMILES string of the molecule is Cn1nc(C(=O)N/N=C/C2=Cc3cc(Cl)cc(Cl)c3OC2)c2ccccc2c1=O. The predicted molar refractivity (Wildman–Crippen MR) is 113 cm³/mol. The molecule has 0 saturated carbocycles. The van der Waals surface area contributed by atoms with Crippen molar-refractivity contribution >= 4 is 52.2 Å². The zero-order valence-electron chi connectivity index (χ0n) is 15.1. The molecule has 7 nitrogen and oxygen atoms in total. The van der Waals surface area contributed by atoms with Crippen LogP contribution in [0.4, 0.5) is 0 Å². The number of hydrazone groups is 1. The van der Waals surface area contributed by atoms with E-state index in [4.69, 9.17) is 27.9 Å². The van der Waals surface area contributed by atoms with Crippen LogP contribution >= 0.6 is 23.2 Å². The summed E-state index contributed by atoms with van der Waals surface area (Å²) in [7, 11) is 1.49. The Morgan fingerprint density at radius 2 is 2.03 bits per heavy atom. The van der Waals surface area contributed by atoms with E-state index in [1.165, 1.54) is 13.3 Å². The van der Waals surface area contributed by atoms with Crippen LogP contribution < -0.4 is 15.7 Å². The highest BCUT2D eigenvalue weighted by Gasteiger charge is 2.16. The quantitative estimate of drug-likeness (QED) is 0.511. The summed E-state index contributed by atoms with van der Waals surface area (Å²) in [5.74, 6) is 0.0231. The van der Waals surface area contributed by atoms with Gasteiger partial charge >= 0.3 is 0 Å². The fourth-order valence-corrected chi connectivity index (χ4v) is 3.57. The maximum atomic E-state index is 12.6. The first-order valence-electron chi connectivity index (χ1n) is 8.56. The summed E-state index contributed by atoms with van der Waals surface area (Å²) in [6.07, 6.45) is 3.30. The molecule has 0 saturated heterocycles. The van der Waals surface area contributed by atoms with E-state index < -0.39 is 5.91 Å². The highest BCUT2D eigenvalue weighted by Crippen LogP contribution is 2.36. The van der Waals surface area contributed by atoms with Gasteiger partial charge in [0.2, 0.25) is 0 Å². The number of ether oxygens (including phenoxy) is 1. The fraction of sp³-hybridized carbons (Fsp3) is 0.100. The first-order chi connectivity index (χ1) is 13.9. The van der Waals surface area contributed by atoms with Crippen LogP contribution in [0, 0.1) is 0 Å². The monoisotopic (exact) mass is 428 g/mol. The van der Waals surface area contributed by atoms with Crippen molar-refractivity contribution in [2.24, 2.45) is 12.1 Å². The lowest BCUT2D eigenvalue weighted by Crippen LogP contribution is -2.27. The molecule has 1 aliphatic rings. The maximum absolute atomic E-state index is 12.6. The van der Waals surface area contributed by atoms with Gasteiger partial charge in [-0.05, 0) is 24.3 Å². The van der Waals surface area contributed by atoms with Gasteiger partial charge in [0.05, 0.1) is 16.6 Å². The molecular weight excluding hydrogens is 415 g/mol. The summed E-state index contributed by atoms with van der Waals surface area (Å²) in [6.45, 7) is 0.245. The smallest absolute Gasteiger partial charge is 0.292 e. The number of aromatic nitrogens is 2. The van der Waals surface area contributed by atoms with Gasteiger partial charge in [0.25, 0.3) is 11.5 Å². The van der Waals surface area contributed by atoms with Crippen molar-refractivity contribution in [1.82, 2.24) is 15.2 Å². The van der Waals surface area contributed by atoms with Gasteiger partial charge in [-0.3, -0.25) is 9.59 Å². The number of fused-ring (bicyclic) bond motifs is 2. The van der Waals surface area contributed by atoms with Crippen molar-refractivity contribution in [1.29, 1.82) is 0 Å². The largest absolute Gasteiger partial charge is 0.487 e. The van der Waals surface area contributed by atoms with E-state index in [2.05, 4.69) is 15.6 Å². The van der Waals surface area contributed by atoms with Gasteiger partial charge in [-0.1, -0.05) is 41.4 Å². The Balaban J connectivity index is 1.57. The molecule has 2 aromatic carbocycles. The third-order valence-electron chi connectivity index (χ3n) is 4.33. The molecule has 1 N–H and O–H groups in total. The highest BCUT2D eigenvalue weighted by atomic mass is 35.5. The minimum Gasteiger partial charge on any atom is -0.487 e. The van der Waals surface area contributed by atoms with E-state index in [9.17, 15) is 9.59 Å². The molecule has 3 aromatic rings. The number of amides is 1. The van der Waals surface area contributed by atoms with Gasteiger partial charge in [-0.15, -0.1) is 0 Å². The van der Waals surface area contributed by atoms with Crippen LogP contribution in [0.2, 0.25) is 10.0 Å². The molecule has 0 fully saturated rings. The van der Waals surface area contributed by atoms with Crippen molar-refractivity contribution in [3.05, 3.63) is 73.6 Å².